The van der Waals surface area contributed by atoms with Crippen molar-refractivity contribution in [2.24, 2.45) is 0 Å². The highest BCUT2D eigenvalue weighted by molar-refractivity contribution is 8.00. The predicted octanol–water partition coefficient (Wildman–Crippen LogP) is 5.13. The van der Waals surface area contributed by atoms with Crippen LogP contribution in [0.3, 0.4) is 0 Å². The van der Waals surface area contributed by atoms with Crippen LogP contribution in [-0.2, 0) is 4.79 Å². The van der Waals surface area contributed by atoms with Gasteiger partial charge in [-0.15, -0.1) is 11.8 Å². The van der Waals surface area contributed by atoms with Crippen LogP contribution in [0.2, 0.25) is 10.0 Å². The van der Waals surface area contributed by atoms with E-state index in [1.54, 1.807) is 32.4 Å². The molecule has 0 unspecified atom stereocenters. The number of hydrogen-bond donors (Lipinski definition) is 1. The topological polar surface area (TPSA) is 47.6 Å². The van der Waals surface area contributed by atoms with Gasteiger partial charge in [-0.1, -0.05) is 23.2 Å². The lowest BCUT2D eigenvalue weighted by Crippen LogP contribution is -2.22. The van der Waals surface area contributed by atoms with Crippen molar-refractivity contribution in [3.05, 3.63) is 46.4 Å². The Hall–Kier alpha value is -1.56. The van der Waals surface area contributed by atoms with E-state index in [9.17, 15) is 4.79 Å². The molecule has 1 amide bonds. The minimum absolute atomic E-state index is 0.131. The minimum atomic E-state index is -0.308. The molecule has 0 saturated heterocycles. The third kappa shape index (κ3) is 4.72. The van der Waals surface area contributed by atoms with Crippen molar-refractivity contribution in [2.45, 2.75) is 17.1 Å². The quantitative estimate of drug-likeness (QED) is 0.700. The zero-order valence-corrected chi connectivity index (χ0v) is 15.8. The van der Waals surface area contributed by atoms with Crippen LogP contribution in [-0.4, -0.2) is 25.4 Å². The van der Waals surface area contributed by atoms with Crippen molar-refractivity contribution in [1.82, 2.24) is 0 Å². The summed E-state index contributed by atoms with van der Waals surface area (Å²) in [5.41, 5.74) is 0.606. The standard InChI is InChI=1S/C17H17Cl2NO3S/c1-10(17(21)20-11-4-6-13(18)14(19)8-11)24-12-5-7-15(22-2)16(9-12)23-3/h4-10H,1-3H3,(H,20,21)/t10-/m1/s1. The average molecular weight is 386 g/mol. The van der Waals surface area contributed by atoms with E-state index in [0.717, 1.165) is 4.90 Å². The Labute approximate surface area is 155 Å². The summed E-state index contributed by atoms with van der Waals surface area (Å²) in [6.07, 6.45) is 0. The Kier molecular flexibility index (Phi) is 6.66. The number of benzene rings is 2. The van der Waals surface area contributed by atoms with Crippen LogP contribution in [0, 0.1) is 0 Å². The number of thioether (sulfide) groups is 1. The number of nitrogens with one attached hydrogen (secondary N) is 1. The number of methoxy groups -OCH3 is 2. The molecule has 0 spiro atoms. The number of rotatable bonds is 6. The number of amides is 1. The van der Waals surface area contributed by atoms with Gasteiger partial charge in [0.05, 0.1) is 29.5 Å². The Morgan fingerprint density at radius 2 is 1.75 bits per heavy atom. The first-order valence-corrected chi connectivity index (χ1v) is 8.72. The molecule has 2 aromatic carbocycles. The molecule has 0 aliphatic rings. The first-order chi connectivity index (χ1) is 11.4. The normalized spacial score (nSPS) is 11.7. The molecule has 0 bridgehead atoms. The van der Waals surface area contributed by atoms with Gasteiger partial charge in [0.2, 0.25) is 5.91 Å². The number of carbonyl (C=O) groups is 1. The zero-order chi connectivity index (χ0) is 17.7. The molecule has 128 valence electrons. The lowest BCUT2D eigenvalue weighted by atomic mass is 10.3. The molecule has 0 aromatic heterocycles. The average Bonchev–Trinajstić information content (AvgIpc) is 2.57. The van der Waals surface area contributed by atoms with E-state index in [0.29, 0.717) is 27.2 Å². The molecular weight excluding hydrogens is 369 g/mol. The molecule has 0 radical (unpaired) electrons. The first kappa shape index (κ1) is 18.8. The summed E-state index contributed by atoms with van der Waals surface area (Å²) in [6.45, 7) is 1.83. The van der Waals surface area contributed by atoms with Crippen LogP contribution < -0.4 is 14.8 Å². The van der Waals surface area contributed by atoms with Gasteiger partial charge < -0.3 is 14.8 Å². The van der Waals surface area contributed by atoms with Gasteiger partial charge in [0.25, 0.3) is 0 Å². The van der Waals surface area contributed by atoms with Gasteiger partial charge in [-0.05, 0) is 43.3 Å². The number of anilines is 1. The Bertz CT molecular complexity index is 740. The summed E-state index contributed by atoms with van der Waals surface area (Å²) in [6, 6.07) is 10.5. The molecule has 0 heterocycles. The zero-order valence-electron chi connectivity index (χ0n) is 13.4. The largest absolute Gasteiger partial charge is 0.493 e. The number of carbonyl (C=O) groups excluding carboxylic acids is 1. The lowest BCUT2D eigenvalue weighted by Gasteiger charge is -2.14. The third-order valence-electron chi connectivity index (χ3n) is 3.22. The molecule has 0 aliphatic carbocycles. The smallest absolute Gasteiger partial charge is 0.237 e. The summed E-state index contributed by atoms with van der Waals surface area (Å²) in [5, 5.41) is 3.36. The van der Waals surface area contributed by atoms with Crippen molar-refractivity contribution in [1.29, 1.82) is 0 Å². The van der Waals surface area contributed by atoms with Crippen molar-refractivity contribution in [3.8, 4) is 11.5 Å². The Morgan fingerprint density at radius 3 is 2.38 bits per heavy atom. The van der Waals surface area contributed by atoms with Crippen LogP contribution in [0.25, 0.3) is 0 Å². The Balaban J connectivity index is 2.04. The fourth-order valence-corrected chi connectivity index (χ4v) is 3.16. The molecule has 1 atom stereocenters. The highest BCUT2D eigenvalue weighted by atomic mass is 35.5. The van der Waals surface area contributed by atoms with Gasteiger partial charge in [-0.25, -0.2) is 0 Å². The second-order valence-corrected chi connectivity index (χ2v) is 7.12. The highest BCUT2D eigenvalue weighted by Gasteiger charge is 2.16. The van der Waals surface area contributed by atoms with Crippen LogP contribution in [0.15, 0.2) is 41.3 Å². The van der Waals surface area contributed by atoms with E-state index in [1.165, 1.54) is 11.8 Å². The van der Waals surface area contributed by atoms with Gasteiger partial charge in [0, 0.05) is 10.6 Å². The minimum Gasteiger partial charge on any atom is -0.493 e. The molecule has 0 aliphatic heterocycles. The number of hydrogen-bond acceptors (Lipinski definition) is 4. The summed E-state index contributed by atoms with van der Waals surface area (Å²) in [5.74, 6) is 1.14. The fourth-order valence-electron chi connectivity index (χ4n) is 1.97. The van der Waals surface area contributed by atoms with Crippen molar-refractivity contribution >= 4 is 46.6 Å². The maximum Gasteiger partial charge on any atom is 0.237 e. The van der Waals surface area contributed by atoms with Crippen LogP contribution >= 0.6 is 35.0 Å². The second kappa shape index (κ2) is 8.51. The molecule has 1 N–H and O–H groups in total. The SMILES string of the molecule is COc1ccc(S[C@H](C)C(=O)Nc2ccc(Cl)c(Cl)c2)cc1OC. The van der Waals surface area contributed by atoms with Crippen LogP contribution in [0.5, 0.6) is 11.5 Å². The lowest BCUT2D eigenvalue weighted by molar-refractivity contribution is -0.115. The van der Waals surface area contributed by atoms with E-state index >= 15 is 0 Å². The molecule has 7 heteroatoms. The van der Waals surface area contributed by atoms with Gasteiger partial charge in [0.1, 0.15) is 0 Å². The van der Waals surface area contributed by atoms with E-state index in [4.69, 9.17) is 32.7 Å². The maximum absolute atomic E-state index is 12.3. The third-order valence-corrected chi connectivity index (χ3v) is 5.06. The molecule has 0 saturated carbocycles. The van der Waals surface area contributed by atoms with Gasteiger partial charge in [-0.2, -0.15) is 0 Å². The summed E-state index contributed by atoms with van der Waals surface area (Å²) < 4.78 is 10.5. The maximum atomic E-state index is 12.3. The number of halogens is 2. The number of ether oxygens (including phenoxy) is 2. The summed E-state index contributed by atoms with van der Waals surface area (Å²) in [4.78, 5) is 13.2. The van der Waals surface area contributed by atoms with E-state index < -0.39 is 0 Å². The molecule has 2 rings (SSSR count). The molecule has 2 aromatic rings. The second-order valence-electron chi connectivity index (χ2n) is 4.90. The van der Waals surface area contributed by atoms with E-state index in [-0.39, 0.29) is 11.2 Å². The van der Waals surface area contributed by atoms with Crippen LogP contribution in [0.1, 0.15) is 6.92 Å². The molecule has 0 fully saturated rings. The Morgan fingerprint density at radius 1 is 1.04 bits per heavy atom. The van der Waals surface area contributed by atoms with Gasteiger partial charge >= 0.3 is 0 Å². The van der Waals surface area contributed by atoms with Crippen LogP contribution in [0.4, 0.5) is 5.69 Å². The molecule has 4 nitrogen and oxygen atoms in total. The molecular formula is C17H17Cl2NO3S. The summed E-state index contributed by atoms with van der Waals surface area (Å²) in [7, 11) is 3.16. The fraction of sp³-hybridized carbons (Fsp3) is 0.235. The summed E-state index contributed by atoms with van der Waals surface area (Å²) >= 11 is 13.2. The monoisotopic (exact) mass is 385 g/mol. The van der Waals surface area contributed by atoms with Gasteiger partial charge in [-0.3, -0.25) is 4.79 Å². The van der Waals surface area contributed by atoms with Crippen molar-refractivity contribution in [3.63, 3.8) is 0 Å². The van der Waals surface area contributed by atoms with Crippen molar-refractivity contribution in [2.75, 3.05) is 19.5 Å². The first-order valence-electron chi connectivity index (χ1n) is 7.09. The molecule has 24 heavy (non-hydrogen) atoms. The van der Waals surface area contributed by atoms with Gasteiger partial charge in [0.15, 0.2) is 11.5 Å². The predicted molar refractivity (Wildman–Crippen MR) is 100.0 cm³/mol. The van der Waals surface area contributed by atoms with E-state index in [1.807, 2.05) is 25.1 Å². The highest BCUT2D eigenvalue weighted by Crippen LogP contribution is 2.34. The van der Waals surface area contributed by atoms with E-state index in [2.05, 4.69) is 5.32 Å². The van der Waals surface area contributed by atoms with Crippen molar-refractivity contribution < 1.29 is 14.3 Å².